The molecule has 1 aliphatic rings. The Morgan fingerprint density at radius 1 is 1.23 bits per heavy atom. The molecule has 1 heterocycles. The Morgan fingerprint density at radius 2 is 1.96 bits per heavy atom. The van der Waals surface area contributed by atoms with Gasteiger partial charge in [-0.2, -0.15) is 0 Å². The maximum absolute atomic E-state index is 12.7. The largest absolute Gasteiger partial charge is 0.488 e. The number of halogens is 1. The third kappa shape index (κ3) is 4.55. The molecule has 1 aliphatic heterocycles. The number of hydrogen-bond donors (Lipinski definition) is 1. The number of carbonyl (C=O) groups excluding carboxylic acids is 2. The van der Waals surface area contributed by atoms with Gasteiger partial charge >= 0.3 is 0 Å². The summed E-state index contributed by atoms with van der Waals surface area (Å²) in [5.74, 6) is 0.451. The first-order valence-corrected chi connectivity index (χ1v) is 8.92. The van der Waals surface area contributed by atoms with Gasteiger partial charge in [-0.05, 0) is 36.2 Å². The van der Waals surface area contributed by atoms with Crippen molar-refractivity contribution in [2.45, 2.75) is 25.5 Å². The Hall–Kier alpha value is -2.53. The lowest BCUT2D eigenvalue weighted by atomic mass is 10.0. The standard InChI is InChI=1S/C20H21ClN2O3/c1-23-12-16(10-11-19(23)24)22-20(25)17-4-2-3-5-18(17)26-13-14-6-8-15(21)9-7-14/h2-9,16H,10-13H2,1H3,(H,22,25). The van der Waals surface area contributed by atoms with Crippen LogP contribution in [0.2, 0.25) is 5.02 Å². The molecule has 0 aliphatic carbocycles. The van der Waals surface area contributed by atoms with E-state index in [1.165, 1.54) is 0 Å². The van der Waals surface area contributed by atoms with E-state index >= 15 is 0 Å². The fourth-order valence-corrected chi connectivity index (χ4v) is 3.04. The molecule has 2 aromatic carbocycles. The van der Waals surface area contributed by atoms with Crippen molar-refractivity contribution in [1.82, 2.24) is 10.2 Å². The van der Waals surface area contributed by atoms with Crippen molar-refractivity contribution in [2.75, 3.05) is 13.6 Å². The van der Waals surface area contributed by atoms with Gasteiger partial charge in [-0.25, -0.2) is 0 Å². The molecule has 0 saturated carbocycles. The first-order chi connectivity index (χ1) is 12.5. The highest BCUT2D eigenvalue weighted by Gasteiger charge is 2.25. The van der Waals surface area contributed by atoms with E-state index in [2.05, 4.69) is 5.32 Å². The summed E-state index contributed by atoms with van der Waals surface area (Å²) in [6.07, 6.45) is 1.11. The molecule has 0 radical (unpaired) electrons. The van der Waals surface area contributed by atoms with Gasteiger partial charge in [0.25, 0.3) is 5.91 Å². The van der Waals surface area contributed by atoms with Gasteiger partial charge in [0.2, 0.25) is 5.91 Å². The van der Waals surface area contributed by atoms with Crippen molar-refractivity contribution in [1.29, 1.82) is 0 Å². The number of piperidine rings is 1. The minimum Gasteiger partial charge on any atom is -0.488 e. The van der Waals surface area contributed by atoms with Crippen molar-refractivity contribution in [3.8, 4) is 5.75 Å². The minimum absolute atomic E-state index is 0.0467. The molecule has 0 spiro atoms. The molecule has 2 amide bonds. The van der Waals surface area contributed by atoms with Crippen LogP contribution in [-0.2, 0) is 11.4 Å². The Bertz CT molecular complexity index is 792. The molecule has 2 aromatic rings. The third-order valence-corrected chi connectivity index (χ3v) is 4.65. The second-order valence-electron chi connectivity index (χ2n) is 6.39. The molecular weight excluding hydrogens is 352 g/mol. The van der Waals surface area contributed by atoms with Gasteiger partial charge in [-0.15, -0.1) is 0 Å². The molecule has 1 N–H and O–H groups in total. The van der Waals surface area contributed by atoms with Crippen LogP contribution in [0.15, 0.2) is 48.5 Å². The molecular formula is C20H21ClN2O3. The molecule has 1 atom stereocenters. The summed E-state index contributed by atoms with van der Waals surface area (Å²) in [5, 5.41) is 3.67. The van der Waals surface area contributed by atoms with Gasteiger partial charge in [0.15, 0.2) is 0 Å². The van der Waals surface area contributed by atoms with Gasteiger partial charge in [0.05, 0.1) is 5.56 Å². The number of nitrogens with one attached hydrogen (secondary N) is 1. The minimum atomic E-state index is -0.190. The normalized spacial score (nSPS) is 17.1. The highest BCUT2D eigenvalue weighted by Crippen LogP contribution is 2.21. The summed E-state index contributed by atoms with van der Waals surface area (Å²) < 4.78 is 5.84. The molecule has 26 heavy (non-hydrogen) atoms. The Labute approximate surface area is 157 Å². The molecule has 5 nitrogen and oxygen atoms in total. The van der Waals surface area contributed by atoms with Gasteiger partial charge in [0.1, 0.15) is 12.4 Å². The fourth-order valence-electron chi connectivity index (χ4n) is 2.92. The Morgan fingerprint density at radius 3 is 2.69 bits per heavy atom. The van der Waals surface area contributed by atoms with Crippen molar-refractivity contribution >= 4 is 23.4 Å². The Kier molecular flexibility index (Phi) is 5.78. The monoisotopic (exact) mass is 372 g/mol. The van der Waals surface area contributed by atoms with Gasteiger partial charge in [-0.3, -0.25) is 9.59 Å². The van der Waals surface area contributed by atoms with E-state index in [0.29, 0.717) is 42.3 Å². The number of likely N-dealkylation sites (tertiary alicyclic amines) is 1. The predicted octanol–water partition coefficient (Wildman–Crippen LogP) is 3.27. The zero-order chi connectivity index (χ0) is 18.5. The maximum Gasteiger partial charge on any atom is 0.255 e. The molecule has 1 fully saturated rings. The zero-order valence-corrected chi connectivity index (χ0v) is 15.3. The second kappa shape index (κ2) is 8.23. The molecule has 1 saturated heterocycles. The van der Waals surface area contributed by atoms with Crippen molar-refractivity contribution in [3.05, 3.63) is 64.7 Å². The lowest BCUT2D eigenvalue weighted by Gasteiger charge is -2.30. The molecule has 1 unspecified atom stereocenters. The summed E-state index contributed by atoms with van der Waals surface area (Å²) in [6, 6.07) is 14.5. The number of likely N-dealkylation sites (N-methyl/N-ethyl adjacent to an activating group) is 1. The van der Waals surface area contributed by atoms with Crippen LogP contribution < -0.4 is 10.1 Å². The number of benzene rings is 2. The number of carbonyl (C=O) groups is 2. The predicted molar refractivity (Wildman–Crippen MR) is 100 cm³/mol. The smallest absolute Gasteiger partial charge is 0.255 e. The average Bonchev–Trinajstić information content (AvgIpc) is 2.64. The first kappa shape index (κ1) is 18.3. The molecule has 3 rings (SSSR count). The van der Waals surface area contributed by atoms with Crippen LogP contribution >= 0.6 is 11.6 Å². The number of hydrogen-bond acceptors (Lipinski definition) is 3. The van der Waals surface area contributed by atoms with E-state index in [1.54, 1.807) is 42.3 Å². The van der Waals surface area contributed by atoms with E-state index in [9.17, 15) is 9.59 Å². The van der Waals surface area contributed by atoms with Crippen molar-refractivity contribution < 1.29 is 14.3 Å². The molecule has 136 valence electrons. The number of nitrogens with zero attached hydrogens (tertiary/aromatic N) is 1. The van der Waals surface area contributed by atoms with Crippen molar-refractivity contribution in [2.24, 2.45) is 0 Å². The van der Waals surface area contributed by atoms with Gasteiger partial charge < -0.3 is 15.0 Å². The number of rotatable bonds is 5. The number of amides is 2. The van der Waals surface area contributed by atoms with Crippen LogP contribution in [0, 0.1) is 0 Å². The van der Waals surface area contributed by atoms with E-state index < -0.39 is 0 Å². The summed E-state index contributed by atoms with van der Waals surface area (Å²) in [7, 11) is 1.75. The highest BCUT2D eigenvalue weighted by atomic mass is 35.5. The van der Waals surface area contributed by atoms with Crippen LogP contribution in [0.3, 0.4) is 0 Å². The van der Waals surface area contributed by atoms with E-state index in [4.69, 9.17) is 16.3 Å². The summed E-state index contributed by atoms with van der Waals surface area (Å²) in [5.41, 5.74) is 1.46. The molecule has 6 heteroatoms. The SMILES string of the molecule is CN1CC(NC(=O)c2ccccc2OCc2ccc(Cl)cc2)CCC1=O. The van der Waals surface area contributed by atoms with E-state index in [1.807, 2.05) is 18.2 Å². The quantitative estimate of drug-likeness (QED) is 0.876. The van der Waals surface area contributed by atoms with Gasteiger partial charge in [0, 0.05) is 31.1 Å². The topological polar surface area (TPSA) is 58.6 Å². The second-order valence-corrected chi connectivity index (χ2v) is 6.83. The van der Waals surface area contributed by atoms with Crippen LogP contribution in [0.1, 0.15) is 28.8 Å². The lowest BCUT2D eigenvalue weighted by Crippen LogP contribution is -2.48. The molecule has 0 aromatic heterocycles. The summed E-state index contributed by atoms with van der Waals surface area (Å²) in [4.78, 5) is 25.9. The Balaban J connectivity index is 1.65. The van der Waals surface area contributed by atoms with Gasteiger partial charge in [-0.1, -0.05) is 35.9 Å². The fraction of sp³-hybridized carbons (Fsp3) is 0.300. The van der Waals surface area contributed by atoms with E-state index in [-0.39, 0.29) is 17.9 Å². The highest BCUT2D eigenvalue weighted by molar-refractivity contribution is 6.30. The lowest BCUT2D eigenvalue weighted by molar-refractivity contribution is -0.132. The molecule has 0 bridgehead atoms. The van der Waals surface area contributed by atoms with Crippen LogP contribution in [-0.4, -0.2) is 36.3 Å². The van der Waals surface area contributed by atoms with Crippen LogP contribution in [0.25, 0.3) is 0 Å². The zero-order valence-electron chi connectivity index (χ0n) is 14.6. The average molecular weight is 373 g/mol. The number of para-hydroxylation sites is 1. The van der Waals surface area contributed by atoms with Crippen LogP contribution in [0.5, 0.6) is 5.75 Å². The number of ether oxygens (including phenoxy) is 1. The summed E-state index contributed by atoms with van der Waals surface area (Å²) in [6.45, 7) is 0.875. The van der Waals surface area contributed by atoms with Crippen LogP contribution in [0.4, 0.5) is 0 Å². The maximum atomic E-state index is 12.7. The first-order valence-electron chi connectivity index (χ1n) is 8.54. The summed E-state index contributed by atoms with van der Waals surface area (Å²) >= 11 is 5.89. The van der Waals surface area contributed by atoms with E-state index in [0.717, 1.165) is 5.56 Å². The van der Waals surface area contributed by atoms with Crippen molar-refractivity contribution in [3.63, 3.8) is 0 Å². The third-order valence-electron chi connectivity index (χ3n) is 4.40.